The first-order valence-electron chi connectivity index (χ1n) is 4.87. The zero-order valence-corrected chi connectivity index (χ0v) is 11.1. The maximum absolute atomic E-state index is 12.2. The van der Waals surface area contributed by atoms with Gasteiger partial charge in [0.2, 0.25) is 5.17 Å². The van der Waals surface area contributed by atoms with E-state index in [1.165, 1.54) is 6.07 Å². The van der Waals surface area contributed by atoms with E-state index >= 15 is 0 Å². The van der Waals surface area contributed by atoms with Gasteiger partial charge in [-0.1, -0.05) is 39.7 Å². The molecule has 0 radical (unpaired) electrons. The van der Waals surface area contributed by atoms with Crippen LogP contribution in [0.4, 0.5) is 18.9 Å². The third-order valence-electron chi connectivity index (χ3n) is 2.25. The Balaban J connectivity index is 2.45. The van der Waals surface area contributed by atoms with Gasteiger partial charge >= 0.3 is 6.18 Å². The lowest BCUT2D eigenvalue weighted by atomic mass is 10.1. The van der Waals surface area contributed by atoms with E-state index in [1.807, 2.05) is 6.07 Å². The van der Waals surface area contributed by atoms with Gasteiger partial charge in [0, 0.05) is 4.47 Å². The molecule has 0 aromatic heterocycles. The van der Waals surface area contributed by atoms with E-state index in [-0.39, 0.29) is 5.69 Å². The predicted molar refractivity (Wildman–Crippen MR) is 70.7 cm³/mol. The number of alkyl halides is 3. The highest BCUT2D eigenvalue weighted by Crippen LogP contribution is 2.27. The third kappa shape index (κ3) is 3.03. The first-order valence-corrected chi connectivity index (χ1v) is 6.04. The minimum atomic E-state index is -4.61. The van der Waals surface area contributed by atoms with Crippen molar-refractivity contribution >= 4 is 49.2 Å². The molecular weight excluding hydrogens is 330 g/mol. The molecule has 0 spiro atoms. The summed E-state index contributed by atoms with van der Waals surface area (Å²) in [5.41, 5.74) is 0.173. The van der Waals surface area contributed by atoms with Gasteiger partial charge in [0.15, 0.2) is 0 Å². The van der Waals surface area contributed by atoms with E-state index in [1.54, 1.807) is 24.3 Å². The Kier molecular flexibility index (Phi) is 3.64. The van der Waals surface area contributed by atoms with Gasteiger partial charge < -0.3 is 0 Å². The predicted octanol–water partition coefficient (Wildman–Crippen LogP) is 5.43. The first kappa shape index (κ1) is 13.4. The van der Waals surface area contributed by atoms with Crippen LogP contribution in [0.3, 0.4) is 0 Å². The maximum Gasteiger partial charge on any atom is 0.444 e. The fraction of sp³-hybridized carbons (Fsp3) is 0.0833. The van der Waals surface area contributed by atoms with Crippen molar-refractivity contribution in [2.45, 2.75) is 6.18 Å². The van der Waals surface area contributed by atoms with Crippen molar-refractivity contribution in [2.24, 2.45) is 4.99 Å². The largest absolute Gasteiger partial charge is 0.444 e. The average molecular weight is 337 g/mol. The highest BCUT2D eigenvalue weighted by molar-refractivity contribution is 9.10. The zero-order valence-electron chi connectivity index (χ0n) is 8.80. The van der Waals surface area contributed by atoms with E-state index in [2.05, 4.69) is 20.9 Å². The topological polar surface area (TPSA) is 12.4 Å². The van der Waals surface area contributed by atoms with Crippen molar-refractivity contribution in [3.05, 3.63) is 40.9 Å². The molecule has 2 aromatic carbocycles. The normalized spacial score (nSPS) is 13.1. The molecule has 0 aliphatic carbocycles. The quantitative estimate of drug-likeness (QED) is 0.615. The Morgan fingerprint density at radius 3 is 2.33 bits per heavy atom. The van der Waals surface area contributed by atoms with Crippen LogP contribution in [0.5, 0.6) is 0 Å². The van der Waals surface area contributed by atoms with Crippen molar-refractivity contribution in [1.29, 1.82) is 0 Å². The number of rotatable bonds is 1. The van der Waals surface area contributed by atoms with Crippen LogP contribution in [-0.4, -0.2) is 11.3 Å². The molecular formula is C12H6BrClF3N. The van der Waals surface area contributed by atoms with E-state index in [9.17, 15) is 13.2 Å². The number of benzene rings is 2. The summed E-state index contributed by atoms with van der Waals surface area (Å²) in [5, 5.41) is 0.330. The van der Waals surface area contributed by atoms with Gasteiger partial charge in [-0.3, -0.25) is 0 Å². The first-order chi connectivity index (χ1) is 8.36. The monoisotopic (exact) mass is 335 g/mol. The number of hydrogen-bond acceptors (Lipinski definition) is 1. The van der Waals surface area contributed by atoms with E-state index in [4.69, 9.17) is 11.6 Å². The fourth-order valence-corrected chi connectivity index (χ4v) is 1.93. The van der Waals surface area contributed by atoms with E-state index < -0.39 is 11.3 Å². The summed E-state index contributed by atoms with van der Waals surface area (Å²) in [4.78, 5) is 3.35. The molecule has 0 amide bonds. The minimum absolute atomic E-state index is 0.173. The molecule has 0 saturated carbocycles. The van der Waals surface area contributed by atoms with Gasteiger partial charge in [0.05, 0.1) is 5.69 Å². The van der Waals surface area contributed by atoms with E-state index in [0.29, 0.717) is 0 Å². The lowest BCUT2D eigenvalue weighted by molar-refractivity contribution is -0.0558. The molecule has 1 nitrogen and oxygen atoms in total. The summed E-state index contributed by atoms with van der Waals surface area (Å²) in [5.74, 6) is 0. The Morgan fingerprint density at radius 2 is 1.67 bits per heavy atom. The summed E-state index contributed by atoms with van der Waals surface area (Å²) in [6.07, 6.45) is -4.61. The molecule has 18 heavy (non-hydrogen) atoms. The highest BCUT2D eigenvalue weighted by atomic mass is 79.9. The molecule has 6 heteroatoms. The second-order valence-corrected chi connectivity index (χ2v) is 4.85. The molecule has 2 rings (SSSR count). The van der Waals surface area contributed by atoms with Gasteiger partial charge in [-0.05, 0) is 35.0 Å². The molecule has 94 valence electrons. The van der Waals surface area contributed by atoms with Crippen LogP contribution in [0.15, 0.2) is 45.9 Å². The summed E-state index contributed by atoms with van der Waals surface area (Å²) >= 11 is 8.41. The van der Waals surface area contributed by atoms with E-state index in [0.717, 1.165) is 15.2 Å². The summed E-state index contributed by atoms with van der Waals surface area (Å²) in [7, 11) is 0. The van der Waals surface area contributed by atoms with Crippen molar-refractivity contribution in [3.63, 3.8) is 0 Å². The van der Waals surface area contributed by atoms with Crippen molar-refractivity contribution < 1.29 is 13.2 Å². The van der Waals surface area contributed by atoms with Crippen molar-refractivity contribution in [3.8, 4) is 0 Å². The highest BCUT2D eigenvalue weighted by Gasteiger charge is 2.34. The SMILES string of the molecule is FC(F)(F)C(Cl)=Nc1ccc2cc(Br)ccc2c1. The number of fused-ring (bicyclic) bond motifs is 1. The molecule has 0 heterocycles. The van der Waals surface area contributed by atoms with Crippen molar-refractivity contribution in [2.75, 3.05) is 0 Å². The lowest BCUT2D eigenvalue weighted by Gasteiger charge is -2.04. The molecule has 0 aliphatic rings. The number of nitrogens with zero attached hydrogens (tertiary/aromatic N) is 1. The van der Waals surface area contributed by atoms with Crippen molar-refractivity contribution in [1.82, 2.24) is 0 Å². The number of halogens is 5. The van der Waals surface area contributed by atoms with Gasteiger partial charge in [-0.15, -0.1) is 0 Å². The molecule has 0 atom stereocenters. The molecule has 0 unspecified atom stereocenters. The number of aliphatic imine (C=N–C) groups is 1. The average Bonchev–Trinajstić information content (AvgIpc) is 2.28. The van der Waals surface area contributed by atoms with Crippen LogP contribution in [-0.2, 0) is 0 Å². The lowest BCUT2D eigenvalue weighted by Crippen LogP contribution is -2.16. The van der Waals surface area contributed by atoms with Crippen LogP contribution >= 0.6 is 27.5 Å². The van der Waals surface area contributed by atoms with Crippen LogP contribution in [0, 0.1) is 0 Å². The standard InChI is InChI=1S/C12H6BrClF3N/c13-9-3-1-8-6-10(4-2-7(8)5-9)18-11(14)12(15,16)17/h1-6H. The molecule has 0 fully saturated rings. The Morgan fingerprint density at radius 1 is 1.06 bits per heavy atom. The van der Waals surface area contributed by atoms with Crippen LogP contribution < -0.4 is 0 Å². The molecule has 0 bridgehead atoms. The molecule has 0 saturated heterocycles. The Hall–Kier alpha value is -1.07. The Bertz CT molecular complexity index is 622. The van der Waals surface area contributed by atoms with Crippen LogP contribution in [0.25, 0.3) is 10.8 Å². The van der Waals surface area contributed by atoms with Gasteiger partial charge in [-0.2, -0.15) is 13.2 Å². The maximum atomic E-state index is 12.2. The molecule has 2 aromatic rings. The minimum Gasteiger partial charge on any atom is -0.232 e. The van der Waals surface area contributed by atoms with Gasteiger partial charge in [0.1, 0.15) is 0 Å². The molecule has 0 aliphatic heterocycles. The Labute approximate surface area is 114 Å². The third-order valence-corrected chi connectivity index (χ3v) is 3.04. The number of hydrogen-bond donors (Lipinski definition) is 0. The van der Waals surface area contributed by atoms with Crippen LogP contribution in [0.2, 0.25) is 0 Å². The second kappa shape index (κ2) is 4.90. The fourth-order valence-electron chi connectivity index (χ4n) is 1.45. The summed E-state index contributed by atoms with van der Waals surface area (Å²) in [6, 6.07) is 10.2. The molecule has 0 N–H and O–H groups in total. The summed E-state index contributed by atoms with van der Waals surface area (Å²) < 4.78 is 37.6. The van der Waals surface area contributed by atoms with Crippen LogP contribution in [0.1, 0.15) is 0 Å². The zero-order chi connectivity index (χ0) is 13.3. The smallest absolute Gasteiger partial charge is 0.232 e. The van der Waals surface area contributed by atoms with Gasteiger partial charge in [-0.25, -0.2) is 4.99 Å². The van der Waals surface area contributed by atoms with Gasteiger partial charge in [0.25, 0.3) is 0 Å². The second-order valence-electron chi connectivity index (χ2n) is 3.58. The summed E-state index contributed by atoms with van der Waals surface area (Å²) in [6.45, 7) is 0.